The minimum absolute atomic E-state index is 0.0398. The zero-order valence-corrected chi connectivity index (χ0v) is 11.7. The molecule has 1 aliphatic heterocycles. The van der Waals surface area contributed by atoms with Crippen LogP contribution in [0.25, 0.3) is 0 Å². The molecule has 1 saturated heterocycles. The average molecular weight is 278 g/mol. The van der Waals surface area contributed by atoms with Gasteiger partial charge < -0.3 is 9.64 Å². The van der Waals surface area contributed by atoms with Gasteiger partial charge in [-0.3, -0.25) is 10.1 Å². The first-order valence-corrected chi connectivity index (χ1v) is 6.64. The molecule has 20 heavy (non-hydrogen) atoms. The maximum Gasteiger partial charge on any atom is 0.338 e. The number of nitrogens with zero attached hydrogens (tertiary/aromatic N) is 2. The third-order valence-corrected chi connectivity index (χ3v) is 3.59. The fourth-order valence-corrected chi connectivity index (χ4v) is 2.59. The standard InChI is InChI=1S/C14H18N2O4/c1-10-4-3-7-15(9-10)12-6-5-11(14(17)20-2)8-13(12)16(18)19/h5-6,8,10H,3-4,7,9H2,1-2H3. The minimum Gasteiger partial charge on any atom is -0.465 e. The number of hydrogen-bond donors (Lipinski definition) is 0. The van der Waals surface area contributed by atoms with Gasteiger partial charge in [-0.1, -0.05) is 6.92 Å². The van der Waals surface area contributed by atoms with Crippen LogP contribution in [0.4, 0.5) is 11.4 Å². The molecule has 0 aliphatic carbocycles. The Kier molecular flexibility index (Phi) is 4.22. The van der Waals surface area contributed by atoms with E-state index in [-0.39, 0.29) is 11.3 Å². The molecule has 1 fully saturated rings. The van der Waals surface area contributed by atoms with Gasteiger partial charge in [-0.2, -0.15) is 0 Å². The van der Waals surface area contributed by atoms with Gasteiger partial charge in [0.2, 0.25) is 0 Å². The second-order valence-corrected chi connectivity index (χ2v) is 5.15. The van der Waals surface area contributed by atoms with E-state index < -0.39 is 10.9 Å². The Hall–Kier alpha value is -2.11. The van der Waals surface area contributed by atoms with Crippen LogP contribution in [0.3, 0.4) is 0 Å². The smallest absolute Gasteiger partial charge is 0.338 e. The number of esters is 1. The molecule has 1 unspecified atom stereocenters. The number of nitro benzene ring substituents is 1. The summed E-state index contributed by atoms with van der Waals surface area (Å²) in [5.41, 5.74) is 0.740. The van der Waals surface area contributed by atoms with Gasteiger partial charge in [-0.15, -0.1) is 0 Å². The van der Waals surface area contributed by atoms with Crippen molar-refractivity contribution in [3.63, 3.8) is 0 Å². The van der Waals surface area contributed by atoms with Crippen LogP contribution in [-0.2, 0) is 4.74 Å². The number of rotatable bonds is 3. The molecule has 1 aliphatic rings. The normalized spacial score (nSPS) is 18.7. The number of carbonyl (C=O) groups is 1. The van der Waals surface area contributed by atoms with Gasteiger partial charge in [0.1, 0.15) is 5.69 Å². The van der Waals surface area contributed by atoms with Crippen molar-refractivity contribution < 1.29 is 14.5 Å². The van der Waals surface area contributed by atoms with Gasteiger partial charge >= 0.3 is 5.97 Å². The molecular weight excluding hydrogens is 260 g/mol. The van der Waals surface area contributed by atoms with Crippen molar-refractivity contribution in [3.8, 4) is 0 Å². The number of hydrogen-bond acceptors (Lipinski definition) is 5. The molecular formula is C14H18N2O4. The van der Waals surface area contributed by atoms with Crippen molar-refractivity contribution in [1.29, 1.82) is 0 Å². The summed E-state index contributed by atoms with van der Waals surface area (Å²) in [7, 11) is 1.26. The Bertz CT molecular complexity index is 530. The largest absolute Gasteiger partial charge is 0.465 e. The third-order valence-electron chi connectivity index (χ3n) is 3.59. The SMILES string of the molecule is COC(=O)c1ccc(N2CCCC(C)C2)c([N+](=O)[O-])c1. The number of ether oxygens (including phenoxy) is 1. The number of anilines is 1. The van der Waals surface area contributed by atoms with Gasteiger partial charge in [0.25, 0.3) is 5.69 Å². The molecule has 2 rings (SSSR count). The lowest BCUT2D eigenvalue weighted by atomic mass is 9.99. The van der Waals surface area contributed by atoms with E-state index in [0.717, 1.165) is 25.9 Å². The highest BCUT2D eigenvalue weighted by atomic mass is 16.6. The van der Waals surface area contributed by atoms with Crippen LogP contribution in [0.2, 0.25) is 0 Å². The van der Waals surface area contributed by atoms with Crippen molar-refractivity contribution in [2.45, 2.75) is 19.8 Å². The lowest BCUT2D eigenvalue weighted by Crippen LogP contribution is -2.34. The molecule has 0 bridgehead atoms. The quantitative estimate of drug-likeness (QED) is 0.483. The molecule has 108 valence electrons. The monoisotopic (exact) mass is 278 g/mol. The van der Waals surface area contributed by atoms with E-state index >= 15 is 0 Å². The molecule has 0 aromatic heterocycles. The number of methoxy groups -OCH3 is 1. The zero-order chi connectivity index (χ0) is 14.7. The van der Waals surface area contributed by atoms with Gasteiger partial charge in [0.15, 0.2) is 0 Å². The van der Waals surface area contributed by atoms with E-state index in [1.54, 1.807) is 12.1 Å². The molecule has 0 saturated carbocycles. The summed E-state index contributed by atoms with van der Waals surface area (Å²) >= 11 is 0. The van der Waals surface area contributed by atoms with E-state index in [1.807, 2.05) is 4.90 Å². The summed E-state index contributed by atoms with van der Waals surface area (Å²) < 4.78 is 4.60. The van der Waals surface area contributed by atoms with Crippen molar-refractivity contribution in [1.82, 2.24) is 0 Å². The van der Waals surface area contributed by atoms with Crippen LogP contribution in [-0.4, -0.2) is 31.1 Å². The molecule has 0 N–H and O–H groups in total. The van der Waals surface area contributed by atoms with Gasteiger partial charge in [0.05, 0.1) is 17.6 Å². The van der Waals surface area contributed by atoms with E-state index in [4.69, 9.17) is 0 Å². The average Bonchev–Trinajstić information content (AvgIpc) is 2.45. The van der Waals surface area contributed by atoms with Gasteiger partial charge in [-0.05, 0) is 30.9 Å². The summed E-state index contributed by atoms with van der Waals surface area (Å²) in [5, 5.41) is 11.2. The fraction of sp³-hybridized carbons (Fsp3) is 0.500. The molecule has 6 heteroatoms. The summed E-state index contributed by atoms with van der Waals surface area (Å²) in [4.78, 5) is 24.3. The van der Waals surface area contributed by atoms with Crippen LogP contribution in [0.15, 0.2) is 18.2 Å². The predicted molar refractivity (Wildman–Crippen MR) is 75.0 cm³/mol. The van der Waals surface area contributed by atoms with Gasteiger partial charge in [0, 0.05) is 19.2 Å². The predicted octanol–water partition coefficient (Wildman–Crippen LogP) is 2.62. The summed E-state index contributed by atoms with van der Waals surface area (Å²) in [6.07, 6.45) is 2.17. The lowest BCUT2D eigenvalue weighted by molar-refractivity contribution is -0.384. The number of nitro groups is 1. The molecule has 1 aromatic rings. The Morgan fingerprint density at radius 1 is 1.50 bits per heavy atom. The van der Waals surface area contributed by atoms with Crippen LogP contribution in [0, 0.1) is 16.0 Å². The molecule has 6 nitrogen and oxygen atoms in total. The summed E-state index contributed by atoms with van der Waals surface area (Å²) in [5.74, 6) is -0.0460. The second-order valence-electron chi connectivity index (χ2n) is 5.15. The Morgan fingerprint density at radius 3 is 2.85 bits per heavy atom. The second kappa shape index (κ2) is 5.90. The van der Waals surface area contributed by atoms with Crippen molar-refractivity contribution in [2.75, 3.05) is 25.1 Å². The van der Waals surface area contributed by atoms with Crippen LogP contribution in [0.5, 0.6) is 0 Å². The van der Waals surface area contributed by atoms with Crippen molar-refractivity contribution >= 4 is 17.3 Å². The Morgan fingerprint density at radius 2 is 2.25 bits per heavy atom. The first kappa shape index (κ1) is 14.3. The molecule has 0 spiro atoms. The number of piperidine rings is 1. The number of carbonyl (C=O) groups excluding carboxylic acids is 1. The Balaban J connectivity index is 2.37. The van der Waals surface area contributed by atoms with Crippen LogP contribution >= 0.6 is 0 Å². The first-order chi connectivity index (χ1) is 9.52. The fourth-order valence-electron chi connectivity index (χ4n) is 2.59. The van der Waals surface area contributed by atoms with Crippen LogP contribution < -0.4 is 4.90 Å². The van der Waals surface area contributed by atoms with E-state index in [0.29, 0.717) is 11.6 Å². The van der Waals surface area contributed by atoms with Crippen molar-refractivity contribution in [3.05, 3.63) is 33.9 Å². The Labute approximate surface area is 117 Å². The van der Waals surface area contributed by atoms with Crippen LogP contribution in [0.1, 0.15) is 30.1 Å². The molecule has 1 aromatic carbocycles. The lowest BCUT2D eigenvalue weighted by Gasteiger charge is -2.32. The molecule has 0 amide bonds. The van der Waals surface area contributed by atoms with Crippen molar-refractivity contribution in [2.24, 2.45) is 5.92 Å². The highest BCUT2D eigenvalue weighted by molar-refractivity contribution is 5.91. The topological polar surface area (TPSA) is 72.7 Å². The molecule has 1 heterocycles. The first-order valence-electron chi connectivity index (χ1n) is 6.64. The number of benzene rings is 1. The van der Waals surface area contributed by atoms with E-state index in [9.17, 15) is 14.9 Å². The molecule has 0 radical (unpaired) electrons. The maximum atomic E-state index is 11.5. The zero-order valence-electron chi connectivity index (χ0n) is 11.7. The third kappa shape index (κ3) is 2.89. The highest BCUT2D eigenvalue weighted by Gasteiger charge is 2.25. The minimum atomic E-state index is -0.563. The molecule has 1 atom stereocenters. The maximum absolute atomic E-state index is 11.5. The highest BCUT2D eigenvalue weighted by Crippen LogP contribution is 2.32. The van der Waals surface area contributed by atoms with E-state index in [1.165, 1.54) is 13.2 Å². The van der Waals surface area contributed by atoms with E-state index in [2.05, 4.69) is 11.7 Å². The summed E-state index contributed by atoms with van der Waals surface area (Å²) in [6.45, 7) is 3.75. The summed E-state index contributed by atoms with van der Waals surface area (Å²) in [6, 6.07) is 4.51. The van der Waals surface area contributed by atoms with Gasteiger partial charge in [-0.25, -0.2) is 4.79 Å².